The summed E-state index contributed by atoms with van der Waals surface area (Å²) in [5.74, 6) is 0.493. The topological polar surface area (TPSA) is 43.1 Å². The quantitative estimate of drug-likeness (QED) is 0.409. The number of nitro groups is 1. The van der Waals surface area contributed by atoms with Crippen molar-refractivity contribution < 1.29 is 4.92 Å². The Morgan fingerprint density at radius 3 is 2.38 bits per heavy atom. The molecule has 1 rings (SSSR count). The van der Waals surface area contributed by atoms with Crippen LogP contribution in [0.25, 0.3) is 0 Å². The van der Waals surface area contributed by atoms with Crippen LogP contribution in [0, 0.1) is 10.1 Å². The van der Waals surface area contributed by atoms with Gasteiger partial charge in [0.2, 0.25) is 0 Å². The van der Waals surface area contributed by atoms with Crippen molar-refractivity contribution in [3.8, 4) is 0 Å². The Morgan fingerprint density at radius 1 is 1.25 bits per heavy atom. The molecule has 3 nitrogen and oxygen atoms in total. The van der Waals surface area contributed by atoms with Crippen LogP contribution >= 0.6 is 0 Å². The molecule has 1 atom stereocenters. The summed E-state index contributed by atoms with van der Waals surface area (Å²) in [5.41, 5.74) is 1.37. The van der Waals surface area contributed by atoms with Gasteiger partial charge in [-0.25, -0.2) is 0 Å². The number of benzene rings is 1. The molecule has 0 aliphatic carbocycles. The number of nitrogens with zero attached hydrogens (tertiary/aromatic N) is 1. The summed E-state index contributed by atoms with van der Waals surface area (Å²) >= 11 is 0. The molecule has 3 heteroatoms. The first-order valence-corrected chi connectivity index (χ1v) is 5.89. The highest BCUT2D eigenvalue weighted by Crippen LogP contribution is 2.23. The van der Waals surface area contributed by atoms with E-state index in [9.17, 15) is 10.1 Å². The minimum Gasteiger partial charge on any atom is -0.258 e. The van der Waals surface area contributed by atoms with Gasteiger partial charge in [0.25, 0.3) is 5.69 Å². The third-order valence-corrected chi connectivity index (χ3v) is 2.91. The zero-order valence-electron chi connectivity index (χ0n) is 9.98. The average molecular weight is 221 g/mol. The molecule has 0 heterocycles. The molecule has 1 aromatic rings. The highest BCUT2D eigenvalue weighted by Gasteiger charge is 2.08. The van der Waals surface area contributed by atoms with Gasteiger partial charge in [-0.2, -0.15) is 0 Å². The molecule has 0 aliphatic rings. The Morgan fingerprint density at radius 2 is 1.88 bits per heavy atom. The van der Waals surface area contributed by atoms with E-state index in [1.165, 1.54) is 24.8 Å². The monoisotopic (exact) mass is 221 g/mol. The summed E-state index contributed by atoms with van der Waals surface area (Å²) in [7, 11) is 0. The second kappa shape index (κ2) is 6.26. The Labute approximate surface area is 96.6 Å². The third-order valence-electron chi connectivity index (χ3n) is 2.91. The first kappa shape index (κ1) is 12.7. The molecular formula is C13H19NO2. The molecule has 0 spiro atoms. The number of hydrogen-bond acceptors (Lipinski definition) is 2. The Kier molecular flexibility index (Phi) is 4.96. The summed E-state index contributed by atoms with van der Waals surface area (Å²) in [6.45, 7) is 4.37. The molecular weight excluding hydrogens is 202 g/mol. The van der Waals surface area contributed by atoms with Crippen LogP contribution in [-0.2, 0) is 0 Å². The molecule has 0 N–H and O–H groups in total. The zero-order valence-corrected chi connectivity index (χ0v) is 9.98. The highest BCUT2D eigenvalue weighted by molar-refractivity contribution is 5.34. The summed E-state index contributed by atoms with van der Waals surface area (Å²) < 4.78 is 0. The summed E-state index contributed by atoms with van der Waals surface area (Å²) in [6, 6.07) is 6.92. The maximum absolute atomic E-state index is 10.5. The van der Waals surface area contributed by atoms with Gasteiger partial charge in [0.1, 0.15) is 0 Å². The number of hydrogen-bond donors (Lipinski definition) is 0. The van der Waals surface area contributed by atoms with Crippen LogP contribution < -0.4 is 0 Å². The standard InChI is InChI=1S/C13H19NO2/c1-3-4-5-6-11(2)12-7-9-13(10-8-12)14(15)16/h7-11H,3-6H2,1-2H3. The Balaban J connectivity index is 2.56. The molecule has 1 unspecified atom stereocenters. The van der Waals surface area contributed by atoms with E-state index in [1.54, 1.807) is 12.1 Å². The van der Waals surface area contributed by atoms with E-state index < -0.39 is 0 Å². The van der Waals surface area contributed by atoms with Gasteiger partial charge in [-0.1, -0.05) is 45.2 Å². The summed E-state index contributed by atoms with van der Waals surface area (Å²) in [4.78, 5) is 10.1. The summed E-state index contributed by atoms with van der Waals surface area (Å²) in [6.07, 6.45) is 4.88. The van der Waals surface area contributed by atoms with Crippen LogP contribution in [0.2, 0.25) is 0 Å². The second-order valence-corrected chi connectivity index (χ2v) is 4.25. The van der Waals surface area contributed by atoms with E-state index in [2.05, 4.69) is 13.8 Å². The Bertz CT molecular complexity index is 332. The molecule has 0 amide bonds. The molecule has 88 valence electrons. The van der Waals surface area contributed by atoms with Gasteiger partial charge >= 0.3 is 0 Å². The summed E-state index contributed by atoms with van der Waals surface area (Å²) in [5, 5.41) is 10.5. The van der Waals surface area contributed by atoms with Gasteiger partial charge in [0.05, 0.1) is 4.92 Å². The van der Waals surface area contributed by atoms with Crippen LogP contribution in [0.5, 0.6) is 0 Å². The number of non-ortho nitro benzene ring substituents is 1. The fourth-order valence-corrected chi connectivity index (χ4v) is 1.79. The normalized spacial score (nSPS) is 12.4. The van der Waals surface area contributed by atoms with E-state index in [-0.39, 0.29) is 10.6 Å². The lowest BCUT2D eigenvalue weighted by Crippen LogP contribution is -1.94. The molecule has 0 bridgehead atoms. The lowest BCUT2D eigenvalue weighted by Gasteiger charge is -2.10. The highest BCUT2D eigenvalue weighted by atomic mass is 16.6. The minimum absolute atomic E-state index is 0.171. The van der Waals surface area contributed by atoms with Gasteiger partial charge in [-0.3, -0.25) is 10.1 Å². The van der Waals surface area contributed by atoms with Gasteiger partial charge in [0, 0.05) is 12.1 Å². The van der Waals surface area contributed by atoms with E-state index in [0.717, 1.165) is 6.42 Å². The van der Waals surface area contributed by atoms with Crippen LogP contribution in [-0.4, -0.2) is 4.92 Å². The van der Waals surface area contributed by atoms with E-state index in [0.29, 0.717) is 5.92 Å². The zero-order chi connectivity index (χ0) is 12.0. The predicted octanol–water partition coefficient (Wildman–Crippen LogP) is 4.28. The first-order valence-electron chi connectivity index (χ1n) is 5.89. The van der Waals surface area contributed by atoms with Gasteiger partial charge in [-0.05, 0) is 17.9 Å². The maximum atomic E-state index is 10.5. The average Bonchev–Trinajstić information content (AvgIpc) is 2.29. The molecule has 0 saturated carbocycles. The number of nitro benzene ring substituents is 1. The number of unbranched alkanes of at least 4 members (excludes halogenated alkanes) is 2. The van der Waals surface area contributed by atoms with E-state index in [4.69, 9.17) is 0 Å². The van der Waals surface area contributed by atoms with Crippen molar-refractivity contribution in [2.24, 2.45) is 0 Å². The maximum Gasteiger partial charge on any atom is 0.269 e. The van der Waals surface area contributed by atoms with Crippen LogP contribution in [0.3, 0.4) is 0 Å². The van der Waals surface area contributed by atoms with Crippen molar-refractivity contribution in [1.82, 2.24) is 0 Å². The molecule has 0 radical (unpaired) electrons. The molecule has 0 aromatic heterocycles. The van der Waals surface area contributed by atoms with Crippen molar-refractivity contribution in [2.45, 2.75) is 45.4 Å². The molecule has 0 saturated heterocycles. The van der Waals surface area contributed by atoms with Gasteiger partial charge in [-0.15, -0.1) is 0 Å². The van der Waals surface area contributed by atoms with Crippen LogP contribution in [0.4, 0.5) is 5.69 Å². The fourth-order valence-electron chi connectivity index (χ4n) is 1.79. The first-order chi connectivity index (χ1) is 7.65. The minimum atomic E-state index is -0.356. The third kappa shape index (κ3) is 3.65. The molecule has 0 fully saturated rings. The largest absolute Gasteiger partial charge is 0.269 e. The van der Waals surface area contributed by atoms with Crippen molar-refractivity contribution in [1.29, 1.82) is 0 Å². The van der Waals surface area contributed by atoms with Crippen LogP contribution in [0.1, 0.15) is 51.0 Å². The lowest BCUT2D eigenvalue weighted by molar-refractivity contribution is -0.384. The fraction of sp³-hybridized carbons (Fsp3) is 0.538. The molecule has 16 heavy (non-hydrogen) atoms. The van der Waals surface area contributed by atoms with E-state index >= 15 is 0 Å². The Hall–Kier alpha value is -1.38. The second-order valence-electron chi connectivity index (χ2n) is 4.25. The van der Waals surface area contributed by atoms with Crippen molar-refractivity contribution >= 4 is 5.69 Å². The smallest absolute Gasteiger partial charge is 0.258 e. The SMILES string of the molecule is CCCCCC(C)c1ccc([N+](=O)[O-])cc1. The predicted molar refractivity (Wildman–Crippen MR) is 65.7 cm³/mol. The van der Waals surface area contributed by atoms with Gasteiger partial charge in [0.15, 0.2) is 0 Å². The molecule has 0 aliphatic heterocycles. The van der Waals surface area contributed by atoms with Crippen molar-refractivity contribution in [3.63, 3.8) is 0 Å². The van der Waals surface area contributed by atoms with Gasteiger partial charge < -0.3 is 0 Å². The number of rotatable bonds is 6. The van der Waals surface area contributed by atoms with Crippen molar-refractivity contribution in [3.05, 3.63) is 39.9 Å². The van der Waals surface area contributed by atoms with Crippen molar-refractivity contribution in [2.75, 3.05) is 0 Å². The molecule has 1 aromatic carbocycles. The van der Waals surface area contributed by atoms with E-state index in [1.807, 2.05) is 12.1 Å². The lowest BCUT2D eigenvalue weighted by atomic mass is 9.95. The van der Waals surface area contributed by atoms with Crippen LogP contribution in [0.15, 0.2) is 24.3 Å².